The molecular formula is C21H15F2N3O3. The summed E-state index contributed by atoms with van der Waals surface area (Å²) in [5, 5.41) is 3.25. The molecule has 146 valence electrons. The van der Waals surface area contributed by atoms with Gasteiger partial charge < -0.3 is 14.5 Å². The first-order valence-corrected chi connectivity index (χ1v) is 8.72. The SMILES string of the molecule is O=C(Cc1coc(-c2ccccc2)n1)Nc1ccc(OC(F)F)c2ncccc12. The smallest absolute Gasteiger partial charge is 0.387 e. The van der Waals surface area contributed by atoms with Gasteiger partial charge in [-0.2, -0.15) is 8.78 Å². The summed E-state index contributed by atoms with van der Waals surface area (Å²) in [5.41, 5.74) is 1.96. The van der Waals surface area contributed by atoms with Gasteiger partial charge in [0, 0.05) is 17.1 Å². The maximum absolute atomic E-state index is 12.6. The summed E-state index contributed by atoms with van der Waals surface area (Å²) < 4.78 is 35.1. The predicted octanol–water partition coefficient (Wildman–Crippen LogP) is 4.67. The van der Waals surface area contributed by atoms with Crippen molar-refractivity contribution in [1.29, 1.82) is 0 Å². The average molecular weight is 395 g/mol. The molecule has 6 nitrogen and oxygen atoms in total. The number of anilines is 1. The van der Waals surface area contributed by atoms with E-state index in [0.717, 1.165) is 5.56 Å². The van der Waals surface area contributed by atoms with Crippen LogP contribution in [-0.2, 0) is 11.2 Å². The highest BCUT2D eigenvalue weighted by Crippen LogP contribution is 2.31. The number of hydrogen-bond acceptors (Lipinski definition) is 5. The second kappa shape index (κ2) is 8.05. The Hall–Kier alpha value is -3.81. The number of alkyl halides is 2. The van der Waals surface area contributed by atoms with Crippen LogP contribution in [0.15, 0.2) is 71.5 Å². The third-order valence-corrected chi connectivity index (χ3v) is 4.14. The predicted molar refractivity (Wildman–Crippen MR) is 103 cm³/mol. The fourth-order valence-electron chi connectivity index (χ4n) is 2.91. The third-order valence-electron chi connectivity index (χ3n) is 4.14. The molecule has 4 aromatic rings. The van der Waals surface area contributed by atoms with Gasteiger partial charge in [0.1, 0.15) is 11.8 Å². The van der Waals surface area contributed by atoms with E-state index in [1.54, 1.807) is 12.1 Å². The molecule has 0 aliphatic rings. The normalized spacial score (nSPS) is 11.0. The minimum atomic E-state index is -2.97. The van der Waals surface area contributed by atoms with E-state index in [1.165, 1.54) is 24.6 Å². The number of carbonyl (C=O) groups is 1. The minimum Gasteiger partial charge on any atom is -0.444 e. The molecule has 0 saturated carbocycles. The Kier molecular flexibility index (Phi) is 5.15. The molecule has 2 heterocycles. The maximum atomic E-state index is 12.6. The molecule has 8 heteroatoms. The number of amides is 1. The van der Waals surface area contributed by atoms with Crippen molar-refractivity contribution in [2.24, 2.45) is 0 Å². The van der Waals surface area contributed by atoms with Crippen molar-refractivity contribution in [3.63, 3.8) is 0 Å². The molecule has 0 saturated heterocycles. The number of oxazole rings is 1. The molecule has 0 radical (unpaired) electrons. The zero-order chi connectivity index (χ0) is 20.2. The summed E-state index contributed by atoms with van der Waals surface area (Å²) >= 11 is 0. The summed E-state index contributed by atoms with van der Waals surface area (Å²) in [6.07, 6.45) is 2.89. The van der Waals surface area contributed by atoms with Crippen molar-refractivity contribution in [1.82, 2.24) is 9.97 Å². The van der Waals surface area contributed by atoms with Crippen molar-refractivity contribution < 1.29 is 22.7 Å². The molecule has 4 rings (SSSR count). The summed E-state index contributed by atoms with van der Waals surface area (Å²) in [6, 6.07) is 15.5. The molecule has 0 fully saturated rings. The molecule has 0 spiro atoms. The first kappa shape index (κ1) is 18.5. The molecule has 0 aliphatic carbocycles. The van der Waals surface area contributed by atoms with Crippen molar-refractivity contribution in [2.75, 3.05) is 5.32 Å². The number of aromatic nitrogens is 2. The van der Waals surface area contributed by atoms with Crippen LogP contribution < -0.4 is 10.1 Å². The first-order valence-electron chi connectivity index (χ1n) is 8.72. The Morgan fingerprint density at radius 2 is 1.93 bits per heavy atom. The van der Waals surface area contributed by atoms with Gasteiger partial charge in [0.15, 0.2) is 5.75 Å². The van der Waals surface area contributed by atoms with E-state index in [1.807, 2.05) is 30.3 Å². The molecule has 1 N–H and O–H groups in total. The monoisotopic (exact) mass is 395 g/mol. The van der Waals surface area contributed by atoms with E-state index in [2.05, 4.69) is 20.0 Å². The number of nitrogens with one attached hydrogen (secondary N) is 1. The molecular weight excluding hydrogens is 380 g/mol. The van der Waals surface area contributed by atoms with Crippen LogP contribution in [-0.4, -0.2) is 22.5 Å². The fourth-order valence-corrected chi connectivity index (χ4v) is 2.91. The highest BCUT2D eigenvalue weighted by atomic mass is 19.3. The standard InChI is InChI=1S/C21H15F2N3O3/c22-21(23)29-17-9-8-16(15-7-4-10-24-19(15)17)26-18(27)11-14-12-28-20(25-14)13-5-2-1-3-6-13/h1-10,12,21H,11H2,(H,26,27). The van der Waals surface area contributed by atoms with E-state index < -0.39 is 6.61 Å². The van der Waals surface area contributed by atoms with Gasteiger partial charge in [-0.15, -0.1) is 0 Å². The van der Waals surface area contributed by atoms with E-state index >= 15 is 0 Å². The Balaban J connectivity index is 1.52. The first-order chi connectivity index (χ1) is 14.1. The van der Waals surface area contributed by atoms with E-state index in [4.69, 9.17) is 4.42 Å². The molecule has 0 aliphatic heterocycles. The van der Waals surface area contributed by atoms with E-state index in [-0.39, 0.29) is 23.6 Å². The van der Waals surface area contributed by atoms with Gasteiger partial charge in [0.2, 0.25) is 11.8 Å². The Labute approximate surface area is 164 Å². The van der Waals surface area contributed by atoms with Crippen molar-refractivity contribution >= 4 is 22.5 Å². The summed E-state index contributed by atoms with van der Waals surface area (Å²) in [5.74, 6) is 0.0414. The van der Waals surface area contributed by atoms with Crippen LogP contribution in [0.3, 0.4) is 0 Å². The molecule has 1 amide bonds. The number of rotatable bonds is 6. The van der Waals surface area contributed by atoms with Crippen molar-refractivity contribution in [3.05, 3.63) is 72.8 Å². The van der Waals surface area contributed by atoms with Crippen LogP contribution >= 0.6 is 0 Å². The number of fused-ring (bicyclic) bond motifs is 1. The highest BCUT2D eigenvalue weighted by Gasteiger charge is 2.15. The van der Waals surface area contributed by atoms with Crippen LogP contribution in [0, 0.1) is 0 Å². The average Bonchev–Trinajstić information content (AvgIpc) is 3.18. The molecule has 0 bridgehead atoms. The van der Waals surface area contributed by atoms with Crippen LogP contribution in [0.25, 0.3) is 22.4 Å². The van der Waals surface area contributed by atoms with Crippen LogP contribution in [0.5, 0.6) is 5.75 Å². The number of nitrogens with zero attached hydrogens (tertiary/aromatic N) is 2. The zero-order valence-corrected chi connectivity index (χ0v) is 15.0. The minimum absolute atomic E-state index is 0.00657. The highest BCUT2D eigenvalue weighted by molar-refractivity contribution is 6.03. The fraction of sp³-hybridized carbons (Fsp3) is 0.0952. The second-order valence-corrected chi connectivity index (χ2v) is 6.12. The van der Waals surface area contributed by atoms with Gasteiger partial charge in [-0.3, -0.25) is 9.78 Å². The zero-order valence-electron chi connectivity index (χ0n) is 15.0. The number of benzene rings is 2. The van der Waals surface area contributed by atoms with Crippen molar-refractivity contribution in [2.45, 2.75) is 13.0 Å². The Bertz CT molecular complexity index is 1150. The number of hydrogen-bond donors (Lipinski definition) is 1. The summed E-state index contributed by atoms with van der Waals surface area (Å²) in [7, 11) is 0. The largest absolute Gasteiger partial charge is 0.444 e. The quantitative estimate of drug-likeness (QED) is 0.513. The summed E-state index contributed by atoms with van der Waals surface area (Å²) in [4.78, 5) is 20.9. The van der Waals surface area contributed by atoms with Gasteiger partial charge in [0.05, 0.1) is 17.8 Å². The van der Waals surface area contributed by atoms with Crippen molar-refractivity contribution in [3.8, 4) is 17.2 Å². The molecule has 2 aromatic carbocycles. The lowest BCUT2D eigenvalue weighted by molar-refractivity contribution is -0.115. The van der Waals surface area contributed by atoms with Gasteiger partial charge >= 0.3 is 6.61 Å². The summed E-state index contributed by atoms with van der Waals surface area (Å²) in [6.45, 7) is -2.97. The number of halogens is 2. The second-order valence-electron chi connectivity index (χ2n) is 6.12. The van der Waals surface area contributed by atoms with E-state index in [0.29, 0.717) is 22.7 Å². The maximum Gasteiger partial charge on any atom is 0.387 e. The van der Waals surface area contributed by atoms with Gasteiger partial charge in [0.25, 0.3) is 0 Å². The van der Waals surface area contributed by atoms with Gasteiger partial charge in [-0.25, -0.2) is 4.98 Å². The van der Waals surface area contributed by atoms with Crippen LogP contribution in [0.1, 0.15) is 5.69 Å². The Morgan fingerprint density at radius 1 is 1.10 bits per heavy atom. The lowest BCUT2D eigenvalue weighted by atomic mass is 10.1. The topological polar surface area (TPSA) is 77.2 Å². The van der Waals surface area contributed by atoms with Gasteiger partial charge in [-0.1, -0.05) is 18.2 Å². The molecule has 0 unspecified atom stereocenters. The number of carbonyl (C=O) groups excluding carboxylic acids is 1. The van der Waals surface area contributed by atoms with Crippen LogP contribution in [0.2, 0.25) is 0 Å². The molecule has 2 aromatic heterocycles. The lowest BCUT2D eigenvalue weighted by Gasteiger charge is -2.11. The van der Waals surface area contributed by atoms with Crippen LogP contribution in [0.4, 0.5) is 14.5 Å². The lowest BCUT2D eigenvalue weighted by Crippen LogP contribution is -2.15. The molecule has 0 atom stereocenters. The van der Waals surface area contributed by atoms with Gasteiger partial charge in [-0.05, 0) is 36.4 Å². The third kappa shape index (κ3) is 4.21. The Morgan fingerprint density at radius 3 is 2.72 bits per heavy atom. The van der Waals surface area contributed by atoms with E-state index in [9.17, 15) is 13.6 Å². The number of pyridine rings is 1. The molecule has 29 heavy (non-hydrogen) atoms. The number of ether oxygens (including phenoxy) is 1.